The number of aliphatic hydroxyl groups excluding tert-OH is 2. The van der Waals surface area contributed by atoms with Crippen molar-refractivity contribution >= 4 is 11.8 Å². The molecule has 0 aromatic heterocycles. The standard InChI is InChI=1S/C24H36O5/c1-13(4-7-21(28)29)16-5-6-17-22-18(12-20(27)24(16,17)3)23(2)9-8-15(25)10-14(23)11-19(22)26/h10,13,16-20,22,26-27H,4-9,11-12H2,1-3H3,(H,28,29). The number of rotatable bonds is 4. The van der Waals surface area contributed by atoms with Crippen LogP contribution in [0.2, 0.25) is 0 Å². The highest BCUT2D eigenvalue weighted by Crippen LogP contribution is 2.67. The molecule has 9 unspecified atom stereocenters. The summed E-state index contributed by atoms with van der Waals surface area (Å²) < 4.78 is 0. The minimum atomic E-state index is -0.761. The van der Waals surface area contributed by atoms with E-state index in [-0.39, 0.29) is 52.6 Å². The summed E-state index contributed by atoms with van der Waals surface area (Å²) >= 11 is 0. The lowest BCUT2D eigenvalue weighted by Crippen LogP contribution is -2.60. The molecule has 0 bridgehead atoms. The molecule has 9 atom stereocenters. The fourth-order valence-corrected chi connectivity index (χ4v) is 8.01. The van der Waals surface area contributed by atoms with Crippen molar-refractivity contribution in [2.24, 2.45) is 40.4 Å². The third-order valence-corrected chi connectivity index (χ3v) is 9.66. The van der Waals surface area contributed by atoms with Crippen LogP contribution in [0, 0.1) is 40.4 Å². The summed E-state index contributed by atoms with van der Waals surface area (Å²) in [6.45, 7) is 6.57. The van der Waals surface area contributed by atoms with E-state index >= 15 is 0 Å². The maximum atomic E-state index is 12.0. The van der Waals surface area contributed by atoms with Crippen LogP contribution in [0.15, 0.2) is 11.6 Å². The molecular weight excluding hydrogens is 368 g/mol. The second-order valence-corrected chi connectivity index (χ2v) is 10.8. The van der Waals surface area contributed by atoms with Gasteiger partial charge in [0.25, 0.3) is 0 Å². The molecule has 5 heteroatoms. The van der Waals surface area contributed by atoms with Crippen LogP contribution in [0.1, 0.15) is 72.1 Å². The lowest BCUT2D eigenvalue weighted by atomic mass is 9.45. The minimum absolute atomic E-state index is 0.104. The first kappa shape index (κ1) is 21.0. The molecule has 3 N–H and O–H groups in total. The van der Waals surface area contributed by atoms with Crippen molar-refractivity contribution in [3.63, 3.8) is 0 Å². The van der Waals surface area contributed by atoms with Crippen molar-refractivity contribution in [3.05, 3.63) is 11.6 Å². The predicted octanol–water partition coefficient (Wildman–Crippen LogP) is 3.58. The van der Waals surface area contributed by atoms with E-state index in [9.17, 15) is 19.8 Å². The molecule has 4 aliphatic rings. The lowest BCUT2D eigenvalue weighted by molar-refractivity contribution is -0.168. The van der Waals surface area contributed by atoms with Crippen LogP contribution >= 0.6 is 0 Å². The van der Waals surface area contributed by atoms with Crippen LogP contribution in [-0.2, 0) is 9.59 Å². The topological polar surface area (TPSA) is 94.8 Å². The highest BCUT2D eigenvalue weighted by atomic mass is 16.4. The van der Waals surface area contributed by atoms with Gasteiger partial charge in [0.05, 0.1) is 12.2 Å². The highest BCUT2D eigenvalue weighted by molar-refractivity contribution is 5.91. The zero-order valence-corrected chi connectivity index (χ0v) is 17.9. The Labute approximate surface area is 173 Å². The van der Waals surface area contributed by atoms with E-state index in [1.54, 1.807) is 6.08 Å². The monoisotopic (exact) mass is 404 g/mol. The second kappa shape index (κ2) is 7.19. The number of carbonyl (C=O) groups is 2. The number of hydrogen-bond acceptors (Lipinski definition) is 4. The summed E-state index contributed by atoms with van der Waals surface area (Å²) in [5, 5.41) is 31.7. The van der Waals surface area contributed by atoms with Crippen LogP contribution in [0.5, 0.6) is 0 Å². The maximum absolute atomic E-state index is 12.0. The maximum Gasteiger partial charge on any atom is 0.303 e. The zero-order chi connectivity index (χ0) is 21.1. The molecule has 0 aliphatic heterocycles. The molecule has 0 radical (unpaired) electrons. The molecule has 29 heavy (non-hydrogen) atoms. The van der Waals surface area contributed by atoms with Gasteiger partial charge in [0.15, 0.2) is 5.78 Å². The number of aliphatic carboxylic acids is 1. The number of fused-ring (bicyclic) bond motifs is 5. The first-order valence-corrected chi connectivity index (χ1v) is 11.4. The van der Waals surface area contributed by atoms with E-state index < -0.39 is 18.2 Å². The molecule has 0 amide bonds. The van der Waals surface area contributed by atoms with Crippen molar-refractivity contribution in [1.82, 2.24) is 0 Å². The fourth-order valence-electron chi connectivity index (χ4n) is 8.01. The minimum Gasteiger partial charge on any atom is -0.481 e. The summed E-state index contributed by atoms with van der Waals surface area (Å²) in [5.41, 5.74) is 0.706. The van der Waals surface area contributed by atoms with Crippen LogP contribution in [-0.4, -0.2) is 39.3 Å². The van der Waals surface area contributed by atoms with Crippen LogP contribution in [0.3, 0.4) is 0 Å². The third-order valence-electron chi connectivity index (χ3n) is 9.66. The zero-order valence-electron chi connectivity index (χ0n) is 17.9. The number of hydrogen-bond donors (Lipinski definition) is 3. The molecule has 4 rings (SSSR count). The Bertz CT molecular complexity index is 729. The molecule has 0 aromatic rings. The molecule has 0 aromatic carbocycles. The smallest absolute Gasteiger partial charge is 0.303 e. The Morgan fingerprint density at radius 2 is 1.97 bits per heavy atom. The Balaban J connectivity index is 1.64. The normalized spacial score (nSPS) is 47.6. The van der Waals surface area contributed by atoms with Crippen LogP contribution in [0.4, 0.5) is 0 Å². The van der Waals surface area contributed by atoms with Crippen LogP contribution < -0.4 is 0 Å². The largest absolute Gasteiger partial charge is 0.481 e. The summed E-state index contributed by atoms with van der Waals surface area (Å²) in [6, 6.07) is 0. The van der Waals surface area contributed by atoms with Gasteiger partial charge in [-0.25, -0.2) is 0 Å². The number of ketones is 1. The molecule has 0 spiro atoms. The quantitative estimate of drug-likeness (QED) is 0.666. The highest BCUT2D eigenvalue weighted by Gasteiger charge is 2.64. The first-order chi connectivity index (χ1) is 13.6. The number of carboxylic acids is 1. The molecule has 3 saturated carbocycles. The van der Waals surface area contributed by atoms with Gasteiger partial charge in [-0.15, -0.1) is 0 Å². The molecular formula is C24H36O5. The molecule has 5 nitrogen and oxygen atoms in total. The number of carbonyl (C=O) groups excluding carboxylic acids is 1. The van der Waals surface area contributed by atoms with Crippen molar-refractivity contribution < 1.29 is 24.9 Å². The van der Waals surface area contributed by atoms with Gasteiger partial charge in [-0.05, 0) is 85.0 Å². The molecule has 3 fully saturated rings. The number of carboxylic acid groups (broad SMARTS) is 1. The van der Waals surface area contributed by atoms with Crippen molar-refractivity contribution in [3.8, 4) is 0 Å². The Morgan fingerprint density at radius 3 is 2.66 bits per heavy atom. The van der Waals surface area contributed by atoms with E-state index in [4.69, 9.17) is 5.11 Å². The fraction of sp³-hybridized carbons (Fsp3) is 0.833. The van der Waals surface area contributed by atoms with Gasteiger partial charge in [0.1, 0.15) is 0 Å². The van der Waals surface area contributed by atoms with Gasteiger partial charge >= 0.3 is 5.97 Å². The van der Waals surface area contributed by atoms with Gasteiger partial charge < -0.3 is 15.3 Å². The number of aliphatic hydroxyl groups is 2. The SMILES string of the molecule is CC(CCC(=O)O)C1CCC2C3C(O)CC4=CC(=O)CCC4(C)C3CC(O)C12C. The van der Waals surface area contributed by atoms with E-state index in [2.05, 4.69) is 20.8 Å². The van der Waals surface area contributed by atoms with Crippen LogP contribution in [0.25, 0.3) is 0 Å². The molecule has 4 aliphatic carbocycles. The van der Waals surface area contributed by atoms with E-state index in [0.717, 1.165) is 24.8 Å². The first-order valence-electron chi connectivity index (χ1n) is 11.4. The summed E-state index contributed by atoms with van der Waals surface area (Å²) in [5.74, 6) is 0.529. The average molecular weight is 405 g/mol. The summed E-state index contributed by atoms with van der Waals surface area (Å²) in [6.07, 6.45) is 6.27. The van der Waals surface area contributed by atoms with Gasteiger partial charge in [-0.1, -0.05) is 26.3 Å². The third kappa shape index (κ3) is 3.11. The van der Waals surface area contributed by atoms with Gasteiger partial charge in [0.2, 0.25) is 0 Å². The second-order valence-electron chi connectivity index (χ2n) is 10.8. The lowest BCUT2D eigenvalue weighted by Gasteiger charge is -2.61. The molecule has 0 saturated heterocycles. The van der Waals surface area contributed by atoms with Gasteiger partial charge in [-0.2, -0.15) is 0 Å². The Morgan fingerprint density at radius 1 is 1.24 bits per heavy atom. The van der Waals surface area contributed by atoms with E-state index in [0.29, 0.717) is 25.7 Å². The van der Waals surface area contributed by atoms with Gasteiger partial charge in [0, 0.05) is 12.8 Å². The summed E-state index contributed by atoms with van der Waals surface area (Å²) in [7, 11) is 0. The van der Waals surface area contributed by atoms with Gasteiger partial charge in [-0.3, -0.25) is 9.59 Å². The Kier molecular flexibility index (Phi) is 5.22. The average Bonchev–Trinajstić information content (AvgIpc) is 3.01. The van der Waals surface area contributed by atoms with Crippen molar-refractivity contribution in [2.45, 2.75) is 84.3 Å². The predicted molar refractivity (Wildman–Crippen MR) is 109 cm³/mol. The molecule has 0 heterocycles. The van der Waals surface area contributed by atoms with E-state index in [1.807, 2.05) is 0 Å². The molecule has 162 valence electrons. The van der Waals surface area contributed by atoms with E-state index in [1.165, 1.54) is 0 Å². The van der Waals surface area contributed by atoms with Crippen molar-refractivity contribution in [2.75, 3.05) is 0 Å². The Hall–Kier alpha value is -1.20. The van der Waals surface area contributed by atoms with Crippen molar-refractivity contribution in [1.29, 1.82) is 0 Å². The summed E-state index contributed by atoms with van der Waals surface area (Å²) in [4.78, 5) is 23.1.